The standard InChI is InChI=1S/C14H18N2/c1-14(2,3)12-7-5-6-11(10-12)13-15-8-9-16(13)4/h5-10H,1-4H3. The highest BCUT2D eigenvalue weighted by atomic mass is 15.0. The van der Waals surface area contributed by atoms with E-state index >= 15 is 0 Å². The van der Waals surface area contributed by atoms with Gasteiger partial charge in [0, 0.05) is 25.0 Å². The molecule has 0 unspecified atom stereocenters. The second-order valence-corrected chi connectivity index (χ2v) is 5.19. The molecule has 84 valence electrons. The maximum atomic E-state index is 4.37. The molecule has 1 heterocycles. The number of aryl methyl sites for hydroxylation is 1. The molecule has 0 aliphatic rings. The molecule has 2 heteroatoms. The van der Waals surface area contributed by atoms with Crippen LogP contribution in [-0.4, -0.2) is 9.55 Å². The molecule has 0 amide bonds. The van der Waals surface area contributed by atoms with Crippen LogP contribution in [-0.2, 0) is 12.5 Å². The summed E-state index contributed by atoms with van der Waals surface area (Å²) < 4.78 is 2.04. The van der Waals surface area contributed by atoms with Gasteiger partial charge < -0.3 is 4.57 Å². The predicted octanol–water partition coefficient (Wildman–Crippen LogP) is 3.38. The molecule has 0 aliphatic heterocycles. The van der Waals surface area contributed by atoms with E-state index in [4.69, 9.17) is 0 Å². The third-order valence-electron chi connectivity index (χ3n) is 2.81. The Balaban J connectivity index is 2.49. The molecule has 0 saturated carbocycles. The first-order chi connectivity index (χ1) is 7.48. The van der Waals surface area contributed by atoms with Gasteiger partial charge in [-0.25, -0.2) is 4.98 Å². The third-order valence-corrected chi connectivity index (χ3v) is 2.81. The van der Waals surface area contributed by atoms with Crippen LogP contribution in [0.2, 0.25) is 0 Å². The van der Waals surface area contributed by atoms with Gasteiger partial charge in [-0.2, -0.15) is 0 Å². The van der Waals surface area contributed by atoms with E-state index in [0.29, 0.717) is 0 Å². The molecule has 0 fully saturated rings. The van der Waals surface area contributed by atoms with Crippen LogP contribution in [0.5, 0.6) is 0 Å². The quantitative estimate of drug-likeness (QED) is 0.711. The van der Waals surface area contributed by atoms with Crippen molar-refractivity contribution in [1.29, 1.82) is 0 Å². The van der Waals surface area contributed by atoms with Crippen molar-refractivity contribution in [2.75, 3.05) is 0 Å². The minimum Gasteiger partial charge on any atom is -0.334 e. The zero-order valence-electron chi connectivity index (χ0n) is 10.4. The van der Waals surface area contributed by atoms with Crippen LogP contribution in [0, 0.1) is 0 Å². The molecule has 0 saturated heterocycles. The molecule has 2 nitrogen and oxygen atoms in total. The molecule has 1 aromatic heterocycles. The highest BCUT2D eigenvalue weighted by molar-refractivity contribution is 5.57. The monoisotopic (exact) mass is 214 g/mol. The van der Waals surface area contributed by atoms with Gasteiger partial charge in [-0.15, -0.1) is 0 Å². The molecule has 1 aromatic carbocycles. The Morgan fingerprint density at radius 3 is 2.50 bits per heavy atom. The fourth-order valence-corrected chi connectivity index (χ4v) is 1.77. The minimum atomic E-state index is 0.182. The smallest absolute Gasteiger partial charge is 0.139 e. The van der Waals surface area contributed by atoms with Gasteiger partial charge in [0.1, 0.15) is 5.82 Å². The number of rotatable bonds is 1. The number of nitrogens with zero attached hydrogens (tertiary/aromatic N) is 2. The summed E-state index contributed by atoms with van der Waals surface area (Å²) in [5.74, 6) is 1.02. The summed E-state index contributed by atoms with van der Waals surface area (Å²) in [4.78, 5) is 4.37. The van der Waals surface area contributed by atoms with E-state index in [0.717, 1.165) is 5.82 Å². The van der Waals surface area contributed by atoms with Crippen molar-refractivity contribution < 1.29 is 0 Å². The lowest BCUT2D eigenvalue weighted by Gasteiger charge is -2.19. The van der Waals surface area contributed by atoms with E-state index < -0.39 is 0 Å². The third kappa shape index (κ3) is 2.01. The summed E-state index contributed by atoms with van der Waals surface area (Å²) in [5, 5.41) is 0. The van der Waals surface area contributed by atoms with Gasteiger partial charge in [-0.1, -0.05) is 39.0 Å². The summed E-state index contributed by atoms with van der Waals surface area (Å²) >= 11 is 0. The number of imidazole rings is 1. The van der Waals surface area contributed by atoms with Gasteiger partial charge in [-0.3, -0.25) is 0 Å². The Morgan fingerprint density at radius 1 is 1.19 bits per heavy atom. The van der Waals surface area contributed by atoms with Crippen LogP contribution in [0.1, 0.15) is 26.3 Å². The van der Waals surface area contributed by atoms with E-state index in [9.17, 15) is 0 Å². The molecule has 0 radical (unpaired) electrons. The molecule has 0 atom stereocenters. The number of hydrogen-bond donors (Lipinski definition) is 0. The maximum absolute atomic E-state index is 4.37. The molecule has 2 aromatic rings. The highest BCUT2D eigenvalue weighted by Crippen LogP contribution is 2.26. The Labute approximate surface area is 97.0 Å². The summed E-state index contributed by atoms with van der Waals surface area (Å²) in [6.07, 6.45) is 3.80. The van der Waals surface area contributed by atoms with Gasteiger partial charge in [-0.05, 0) is 17.0 Å². The number of aromatic nitrogens is 2. The van der Waals surface area contributed by atoms with Crippen LogP contribution >= 0.6 is 0 Å². The van der Waals surface area contributed by atoms with Crippen molar-refractivity contribution in [2.24, 2.45) is 7.05 Å². The van der Waals surface area contributed by atoms with Gasteiger partial charge in [0.2, 0.25) is 0 Å². The average Bonchev–Trinajstić information content (AvgIpc) is 2.63. The van der Waals surface area contributed by atoms with Gasteiger partial charge >= 0.3 is 0 Å². The van der Waals surface area contributed by atoms with Crippen LogP contribution in [0.3, 0.4) is 0 Å². The summed E-state index contributed by atoms with van der Waals surface area (Å²) in [5.41, 5.74) is 2.70. The lowest BCUT2D eigenvalue weighted by atomic mass is 9.86. The zero-order valence-corrected chi connectivity index (χ0v) is 10.4. The fourth-order valence-electron chi connectivity index (χ4n) is 1.77. The SMILES string of the molecule is Cn1ccnc1-c1cccc(C(C)(C)C)c1. The largest absolute Gasteiger partial charge is 0.334 e. The van der Waals surface area contributed by atoms with E-state index in [1.165, 1.54) is 11.1 Å². The van der Waals surface area contributed by atoms with Gasteiger partial charge in [0.15, 0.2) is 0 Å². The minimum absolute atomic E-state index is 0.182. The van der Waals surface area contributed by atoms with Crippen molar-refractivity contribution in [3.63, 3.8) is 0 Å². The summed E-state index contributed by atoms with van der Waals surface area (Å²) in [6, 6.07) is 8.61. The van der Waals surface area contributed by atoms with Crippen molar-refractivity contribution in [3.05, 3.63) is 42.2 Å². The van der Waals surface area contributed by atoms with Crippen LogP contribution in [0.15, 0.2) is 36.7 Å². The molecule has 0 spiro atoms. The first kappa shape index (κ1) is 10.9. The van der Waals surface area contributed by atoms with Crippen molar-refractivity contribution >= 4 is 0 Å². The van der Waals surface area contributed by atoms with Gasteiger partial charge in [0.25, 0.3) is 0 Å². The fraction of sp³-hybridized carbons (Fsp3) is 0.357. The van der Waals surface area contributed by atoms with Crippen LogP contribution in [0.4, 0.5) is 0 Å². The van der Waals surface area contributed by atoms with E-state index in [1.54, 1.807) is 0 Å². The Kier molecular flexibility index (Phi) is 2.58. The maximum Gasteiger partial charge on any atom is 0.139 e. The predicted molar refractivity (Wildman–Crippen MR) is 67.3 cm³/mol. The van der Waals surface area contributed by atoms with Crippen molar-refractivity contribution in [3.8, 4) is 11.4 Å². The van der Waals surface area contributed by atoms with Crippen LogP contribution < -0.4 is 0 Å². The molecule has 0 N–H and O–H groups in total. The first-order valence-electron chi connectivity index (χ1n) is 5.57. The molecule has 16 heavy (non-hydrogen) atoms. The number of hydrogen-bond acceptors (Lipinski definition) is 1. The Bertz CT molecular complexity index is 489. The number of benzene rings is 1. The first-order valence-corrected chi connectivity index (χ1v) is 5.57. The molecular weight excluding hydrogens is 196 g/mol. The van der Waals surface area contributed by atoms with Crippen LogP contribution in [0.25, 0.3) is 11.4 Å². The average molecular weight is 214 g/mol. The van der Waals surface area contributed by atoms with E-state index in [2.05, 4.69) is 50.0 Å². The topological polar surface area (TPSA) is 17.8 Å². The summed E-state index contributed by atoms with van der Waals surface area (Å²) in [6.45, 7) is 6.68. The molecule has 2 rings (SSSR count). The van der Waals surface area contributed by atoms with Crippen molar-refractivity contribution in [2.45, 2.75) is 26.2 Å². The highest BCUT2D eigenvalue weighted by Gasteiger charge is 2.14. The van der Waals surface area contributed by atoms with E-state index in [-0.39, 0.29) is 5.41 Å². The van der Waals surface area contributed by atoms with Gasteiger partial charge in [0.05, 0.1) is 0 Å². The van der Waals surface area contributed by atoms with Crippen molar-refractivity contribution in [1.82, 2.24) is 9.55 Å². The van der Waals surface area contributed by atoms with E-state index in [1.807, 2.05) is 24.0 Å². The second kappa shape index (κ2) is 3.78. The molecule has 0 bridgehead atoms. The Hall–Kier alpha value is -1.57. The lowest BCUT2D eigenvalue weighted by Crippen LogP contribution is -2.10. The molecule has 0 aliphatic carbocycles. The summed E-state index contributed by atoms with van der Waals surface area (Å²) in [7, 11) is 2.02. The zero-order chi connectivity index (χ0) is 11.8. The second-order valence-electron chi connectivity index (χ2n) is 5.19. The normalized spacial score (nSPS) is 11.8. The molecular formula is C14H18N2. The lowest BCUT2D eigenvalue weighted by molar-refractivity contribution is 0.590. The Morgan fingerprint density at radius 2 is 1.94 bits per heavy atom.